The first-order valence-electron chi connectivity index (χ1n) is 7.06. The predicted octanol–water partition coefficient (Wildman–Crippen LogP) is 5.48. The van der Waals surface area contributed by atoms with Crippen LogP contribution in [-0.2, 0) is 6.18 Å². The van der Waals surface area contributed by atoms with Crippen LogP contribution in [0.4, 0.5) is 18.9 Å². The summed E-state index contributed by atoms with van der Waals surface area (Å²) in [5, 5.41) is 2.59. The zero-order valence-corrected chi connectivity index (χ0v) is 15.0. The van der Waals surface area contributed by atoms with Crippen molar-refractivity contribution in [1.82, 2.24) is 0 Å². The van der Waals surface area contributed by atoms with Gasteiger partial charge in [0.05, 0.1) is 16.3 Å². The van der Waals surface area contributed by atoms with Gasteiger partial charge in [-0.1, -0.05) is 27.5 Å². The number of benzene rings is 2. The molecule has 1 aromatic heterocycles. The number of alkyl halides is 3. The Bertz CT molecular complexity index is 1080. The summed E-state index contributed by atoms with van der Waals surface area (Å²) >= 11 is 9.10. The van der Waals surface area contributed by atoms with Gasteiger partial charge in [0, 0.05) is 9.86 Å². The number of halogens is 5. The van der Waals surface area contributed by atoms with Crippen molar-refractivity contribution >= 4 is 50.1 Å². The molecular formula is C17H8BrClF3NO3. The van der Waals surface area contributed by atoms with Gasteiger partial charge >= 0.3 is 11.8 Å². The van der Waals surface area contributed by atoms with Crippen molar-refractivity contribution in [2.24, 2.45) is 0 Å². The molecular weight excluding hydrogens is 439 g/mol. The summed E-state index contributed by atoms with van der Waals surface area (Å²) in [6.45, 7) is 0. The summed E-state index contributed by atoms with van der Waals surface area (Å²) in [6.07, 6.45) is -4.60. The number of hydrogen-bond acceptors (Lipinski definition) is 3. The lowest BCUT2D eigenvalue weighted by Crippen LogP contribution is -2.21. The zero-order valence-electron chi connectivity index (χ0n) is 12.7. The van der Waals surface area contributed by atoms with E-state index in [1.54, 1.807) is 18.2 Å². The van der Waals surface area contributed by atoms with Crippen LogP contribution in [0.2, 0.25) is 5.02 Å². The molecule has 0 radical (unpaired) electrons. The van der Waals surface area contributed by atoms with Crippen LogP contribution >= 0.6 is 27.5 Å². The van der Waals surface area contributed by atoms with E-state index in [1.165, 1.54) is 6.07 Å². The van der Waals surface area contributed by atoms with Crippen LogP contribution in [0.25, 0.3) is 11.0 Å². The van der Waals surface area contributed by atoms with Gasteiger partial charge in [-0.25, -0.2) is 4.79 Å². The van der Waals surface area contributed by atoms with Crippen LogP contribution in [0.1, 0.15) is 15.9 Å². The molecule has 1 N–H and O–H groups in total. The van der Waals surface area contributed by atoms with Crippen LogP contribution in [0.15, 0.2) is 56.1 Å². The van der Waals surface area contributed by atoms with E-state index in [4.69, 9.17) is 16.0 Å². The number of hydrogen-bond donors (Lipinski definition) is 1. The number of anilines is 1. The monoisotopic (exact) mass is 445 g/mol. The zero-order chi connectivity index (χ0) is 19.1. The third-order valence-electron chi connectivity index (χ3n) is 3.48. The molecule has 9 heteroatoms. The highest BCUT2D eigenvalue weighted by Crippen LogP contribution is 2.34. The molecule has 26 heavy (non-hydrogen) atoms. The van der Waals surface area contributed by atoms with E-state index in [0.29, 0.717) is 15.9 Å². The minimum atomic E-state index is -4.60. The quantitative estimate of drug-likeness (QED) is 0.530. The van der Waals surface area contributed by atoms with Crippen molar-refractivity contribution in [3.8, 4) is 0 Å². The Morgan fingerprint density at radius 3 is 2.54 bits per heavy atom. The summed E-state index contributed by atoms with van der Waals surface area (Å²) in [4.78, 5) is 24.4. The Labute approximate surface area is 157 Å². The van der Waals surface area contributed by atoms with Crippen molar-refractivity contribution in [1.29, 1.82) is 0 Å². The molecule has 0 atom stereocenters. The average Bonchev–Trinajstić information content (AvgIpc) is 2.55. The van der Waals surface area contributed by atoms with Crippen LogP contribution in [0, 0.1) is 0 Å². The van der Waals surface area contributed by atoms with Crippen LogP contribution < -0.4 is 10.9 Å². The molecule has 3 rings (SSSR count). The molecule has 0 fully saturated rings. The second-order valence-electron chi connectivity index (χ2n) is 5.28. The predicted molar refractivity (Wildman–Crippen MR) is 94.6 cm³/mol. The molecule has 0 bridgehead atoms. The summed E-state index contributed by atoms with van der Waals surface area (Å²) in [7, 11) is 0. The lowest BCUT2D eigenvalue weighted by Gasteiger charge is -2.11. The SMILES string of the molecule is O=C(Nc1cc(C(F)(F)F)ccc1Cl)c1cc2cc(Br)ccc2oc1=O. The van der Waals surface area contributed by atoms with Gasteiger partial charge in [-0.2, -0.15) is 13.2 Å². The molecule has 0 saturated carbocycles. The van der Waals surface area contributed by atoms with Crippen LogP contribution in [0.3, 0.4) is 0 Å². The first-order chi connectivity index (χ1) is 12.1. The second-order valence-corrected chi connectivity index (χ2v) is 6.60. The maximum absolute atomic E-state index is 12.8. The molecule has 0 unspecified atom stereocenters. The minimum Gasteiger partial charge on any atom is -0.422 e. The molecule has 2 aromatic carbocycles. The molecule has 1 heterocycles. The van der Waals surface area contributed by atoms with Crippen molar-refractivity contribution in [3.05, 3.63) is 73.5 Å². The van der Waals surface area contributed by atoms with Crippen molar-refractivity contribution in [2.45, 2.75) is 6.18 Å². The van der Waals surface area contributed by atoms with E-state index in [2.05, 4.69) is 21.2 Å². The van der Waals surface area contributed by atoms with Crippen molar-refractivity contribution in [2.75, 3.05) is 5.32 Å². The maximum atomic E-state index is 12.8. The van der Waals surface area contributed by atoms with Gasteiger partial charge in [-0.3, -0.25) is 4.79 Å². The van der Waals surface area contributed by atoms with Gasteiger partial charge in [0.15, 0.2) is 0 Å². The summed E-state index contributed by atoms with van der Waals surface area (Å²) < 4.78 is 44.2. The van der Waals surface area contributed by atoms with Crippen molar-refractivity contribution < 1.29 is 22.4 Å². The van der Waals surface area contributed by atoms with Gasteiger partial charge in [0.25, 0.3) is 5.91 Å². The fraction of sp³-hybridized carbons (Fsp3) is 0.0588. The standard InChI is InChI=1S/C17H8BrClF3NO3/c18-10-2-4-14-8(5-10)6-11(16(25)26-14)15(24)23-13-7-9(17(20,21)22)1-3-12(13)19/h1-7H,(H,23,24). The molecule has 0 saturated heterocycles. The lowest BCUT2D eigenvalue weighted by molar-refractivity contribution is -0.137. The van der Waals surface area contributed by atoms with E-state index in [1.807, 2.05) is 0 Å². The van der Waals surface area contributed by atoms with E-state index < -0.39 is 23.3 Å². The molecule has 1 amide bonds. The Kier molecular flexibility index (Phi) is 4.81. The third-order valence-corrected chi connectivity index (χ3v) is 4.30. The molecule has 3 aromatic rings. The second kappa shape index (κ2) is 6.77. The fourth-order valence-electron chi connectivity index (χ4n) is 2.24. The average molecular weight is 447 g/mol. The fourth-order valence-corrected chi connectivity index (χ4v) is 2.78. The number of carbonyl (C=O) groups excluding carboxylic acids is 1. The van der Waals surface area contributed by atoms with Gasteiger partial charge < -0.3 is 9.73 Å². The Morgan fingerprint density at radius 1 is 1.12 bits per heavy atom. The maximum Gasteiger partial charge on any atom is 0.416 e. The Balaban J connectivity index is 1.99. The smallest absolute Gasteiger partial charge is 0.416 e. The molecule has 0 spiro atoms. The van der Waals surface area contributed by atoms with E-state index >= 15 is 0 Å². The molecule has 0 aliphatic heterocycles. The first-order valence-corrected chi connectivity index (χ1v) is 8.24. The molecule has 0 aliphatic rings. The molecule has 0 aliphatic carbocycles. The number of fused-ring (bicyclic) bond motifs is 1. The number of rotatable bonds is 2. The minimum absolute atomic E-state index is 0.0979. The largest absolute Gasteiger partial charge is 0.422 e. The van der Waals surface area contributed by atoms with E-state index in [9.17, 15) is 22.8 Å². The van der Waals surface area contributed by atoms with Crippen LogP contribution in [-0.4, -0.2) is 5.91 Å². The number of carbonyl (C=O) groups is 1. The highest BCUT2D eigenvalue weighted by atomic mass is 79.9. The molecule has 4 nitrogen and oxygen atoms in total. The third kappa shape index (κ3) is 3.76. The number of amides is 1. The highest BCUT2D eigenvalue weighted by Gasteiger charge is 2.31. The van der Waals surface area contributed by atoms with Gasteiger partial charge in [0.1, 0.15) is 11.1 Å². The van der Waals surface area contributed by atoms with Gasteiger partial charge in [-0.05, 0) is 42.5 Å². The Hall–Kier alpha value is -2.32. The van der Waals surface area contributed by atoms with Crippen LogP contribution in [0.5, 0.6) is 0 Å². The van der Waals surface area contributed by atoms with Gasteiger partial charge in [-0.15, -0.1) is 0 Å². The molecule has 134 valence electrons. The normalized spacial score (nSPS) is 11.6. The summed E-state index contributed by atoms with van der Waals surface area (Å²) in [5.41, 5.74) is -2.25. The summed E-state index contributed by atoms with van der Waals surface area (Å²) in [5.74, 6) is -0.929. The highest BCUT2D eigenvalue weighted by molar-refractivity contribution is 9.10. The van der Waals surface area contributed by atoms with E-state index in [0.717, 1.165) is 12.1 Å². The Morgan fingerprint density at radius 2 is 1.85 bits per heavy atom. The van der Waals surface area contributed by atoms with E-state index in [-0.39, 0.29) is 21.9 Å². The summed E-state index contributed by atoms with van der Waals surface area (Å²) in [6, 6.07) is 8.63. The van der Waals surface area contributed by atoms with Crippen molar-refractivity contribution in [3.63, 3.8) is 0 Å². The lowest BCUT2D eigenvalue weighted by atomic mass is 10.1. The topological polar surface area (TPSA) is 59.3 Å². The first kappa shape index (κ1) is 18.5. The number of nitrogens with one attached hydrogen (secondary N) is 1. The van der Waals surface area contributed by atoms with Gasteiger partial charge in [0.2, 0.25) is 0 Å².